The fourth-order valence-electron chi connectivity index (χ4n) is 10.3. The van der Waals surface area contributed by atoms with Gasteiger partial charge in [0, 0.05) is 44.0 Å². The van der Waals surface area contributed by atoms with E-state index in [0.29, 0.717) is 12.2 Å². The number of amides is 7. The number of nitrogens with one attached hydrogen (secondary N) is 5. The fraction of sp³-hybridized carbons (Fsp3) is 0.475. The Morgan fingerprint density at radius 1 is 0.675 bits per heavy atom. The monoisotopic (exact) mass is 1110 g/mol. The van der Waals surface area contributed by atoms with Crippen LogP contribution in [0.5, 0.6) is 11.5 Å². The standard InChI is InChI=1S/C59H75N7O14/c1-5-6-9-28-80-44-25-21-40(22-26-44)38-15-13-37(14-16-38)39-17-19-41(20-18-39)53(73)61-45-10-7-8-27-60-57(77)51-52(72)33(2)31-66(51)59(79)49(35(4)68)63-56(76)50(47(71)29-36-11-23-42(69)24-12-36)64-55(75)46-30-43(70)32-65(46)58(78)48(34(3)67)62-54(45)74/h11-26,33-35,43,45-52,67-72H,5-10,27-32H2,1-4H3,(H,60,77)(H,61,73)(H,62,74)(H,63,76)(H,64,75)/t33-,34?,35?,43+,45+,46-,47+,48-,49-,50?,51-,52-/m0/s1. The number of aliphatic hydroxyl groups is 5. The number of carbonyl (C=O) groups excluding carboxylic acids is 7. The van der Waals surface area contributed by atoms with Gasteiger partial charge in [0.15, 0.2) is 0 Å². The number of hydrogen-bond acceptors (Lipinski definition) is 14. The second-order valence-corrected chi connectivity index (χ2v) is 21.2. The molecule has 3 fully saturated rings. The maximum absolute atomic E-state index is 14.5. The number of nitrogens with zero attached hydrogens (tertiary/aromatic N) is 2. The van der Waals surface area contributed by atoms with Crippen molar-refractivity contribution in [2.75, 3.05) is 26.2 Å². The molecular weight excluding hydrogens is 1030 g/mol. The molecule has 3 aliphatic rings. The molecule has 0 aliphatic carbocycles. The van der Waals surface area contributed by atoms with E-state index < -0.39 is 121 Å². The number of hydrogen-bond donors (Lipinski definition) is 11. The number of phenols is 1. The summed E-state index contributed by atoms with van der Waals surface area (Å²) in [6.07, 6.45) is -4.72. The highest BCUT2D eigenvalue weighted by Gasteiger charge is 2.49. The van der Waals surface area contributed by atoms with Gasteiger partial charge in [-0.25, -0.2) is 0 Å². The summed E-state index contributed by atoms with van der Waals surface area (Å²) in [5.41, 5.74) is 4.33. The highest BCUT2D eigenvalue weighted by Crippen LogP contribution is 2.29. The minimum Gasteiger partial charge on any atom is -0.508 e. The summed E-state index contributed by atoms with van der Waals surface area (Å²) in [5, 5.41) is 78.6. The number of aromatic hydroxyl groups is 1. The predicted molar refractivity (Wildman–Crippen MR) is 294 cm³/mol. The van der Waals surface area contributed by atoms with Crippen molar-refractivity contribution in [2.24, 2.45) is 5.92 Å². The molecule has 0 aromatic heterocycles. The predicted octanol–water partition coefficient (Wildman–Crippen LogP) is 1.68. The Morgan fingerprint density at radius 2 is 1.23 bits per heavy atom. The van der Waals surface area contributed by atoms with E-state index in [-0.39, 0.29) is 56.5 Å². The second-order valence-electron chi connectivity index (χ2n) is 21.2. The summed E-state index contributed by atoms with van der Waals surface area (Å²) < 4.78 is 5.86. The van der Waals surface area contributed by atoms with Crippen molar-refractivity contribution in [3.63, 3.8) is 0 Å². The van der Waals surface area contributed by atoms with Gasteiger partial charge in [0.1, 0.15) is 47.8 Å². The summed E-state index contributed by atoms with van der Waals surface area (Å²) in [4.78, 5) is 102. The van der Waals surface area contributed by atoms with E-state index >= 15 is 0 Å². The SMILES string of the molecule is CCCCCOc1ccc(-c2ccc(-c3ccc(C(=O)N[C@@H]4CCCCNC(=O)[C@@H]5[C@@H](O)[C@@H](C)CN5C(=O)[C@H](C(C)O)NC(=O)C([C@H](O)Cc5ccc(O)cc5)NC(=O)[C@@H]5C[C@@H](O)CN5C(=O)[C@H](C(C)O)NC4=O)cc3)cc2)cc1. The molecule has 21 heteroatoms. The van der Waals surface area contributed by atoms with Gasteiger partial charge in [-0.3, -0.25) is 33.6 Å². The number of aliphatic hydroxyl groups excluding tert-OH is 5. The molecule has 0 radical (unpaired) electrons. The van der Waals surface area contributed by atoms with Gasteiger partial charge in [-0.05, 0) is 104 Å². The molecule has 11 N–H and O–H groups in total. The summed E-state index contributed by atoms with van der Waals surface area (Å²) in [6, 6.07) is 18.4. The van der Waals surface area contributed by atoms with Gasteiger partial charge < -0.3 is 71.8 Å². The first-order valence-corrected chi connectivity index (χ1v) is 27.5. The quantitative estimate of drug-likeness (QED) is 0.0802. The summed E-state index contributed by atoms with van der Waals surface area (Å²) in [7, 11) is 0. The van der Waals surface area contributed by atoms with Gasteiger partial charge in [-0.15, -0.1) is 0 Å². The summed E-state index contributed by atoms with van der Waals surface area (Å²) in [5.74, 6) is -6.35. The van der Waals surface area contributed by atoms with Crippen LogP contribution in [0.3, 0.4) is 0 Å². The highest BCUT2D eigenvalue weighted by molar-refractivity contribution is 6.00. The van der Waals surface area contributed by atoms with Crippen LogP contribution in [0.2, 0.25) is 0 Å². The van der Waals surface area contributed by atoms with Gasteiger partial charge in [-0.1, -0.05) is 87.4 Å². The molecule has 7 amide bonds. The maximum Gasteiger partial charge on any atom is 0.251 e. The Morgan fingerprint density at radius 3 is 1.81 bits per heavy atom. The van der Waals surface area contributed by atoms with Gasteiger partial charge in [-0.2, -0.15) is 0 Å². The topological polar surface area (TPSA) is 317 Å². The molecule has 80 heavy (non-hydrogen) atoms. The molecule has 4 aromatic rings. The van der Waals surface area contributed by atoms with Crippen molar-refractivity contribution >= 4 is 41.4 Å². The molecule has 12 atom stereocenters. The molecule has 3 saturated heterocycles. The van der Waals surface area contributed by atoms with Crippen molar-refractivity contribution in [3.8, 4) is 33.8 Å². The third kappa shape index (κ3) is 15.1. The van der Waals surface area contributed by atoms with Gasteiger partial charge in [0.05, 0.1) is 37.1 Å². The third-order valence-corrected chi connectivity index (χ3v) is 15.0. The Hall–Kier alpha value is -7.43. The first kappa shape index (κ1) is 60.2. The van der Waals surface area contributed by atoms with E-state index in [0.717, 1.165) is 57.1 Å². The van der Waals surface area contributed by atoms with Crippen molar-refractivity contribution in [1.82, 2.24) is 36.4 Å². The molecule has 21 nitrogen and oxygen atoms in total. The fourth-order valence-corrected chi connectivity index (χ4v) is 10.3. The first-order chi connectivity index (χ1) is 38.2. The van der Waals surface area contributed by atoms with Crippen LogP contribution in [-0.4, -0.2) is 175 Å². The van der Waals surface area contributed by atoms with E-state index in [1.54, 1.807) is 31.2 Å². The van der Waals surface area contributed by atoms with Crippen molar-refractivity contribution in [3.05, 3.63) is 108 Å². The zero-order valence-corrected chi connectivity index (χ0v) is 45.5. The Labute approximate surface area is 465 Å². The molecular formula is C59H75N7O14. The number of unbranched alkanes of at least 4 members (excludes halogenated alkanes) is 2. The summed E-state index contributed by atoms with van der Waals surface area (Å²) >= 11 is 0. The summed E-state index contributed by atoms with van der Waals surface area (Å²) in [6.45, 7) is 6.24. The lowest BCUT2D eigenvalue weighted by Gasteiger charge is -2.33. The van der Waals surface area contributed by atoms with Crippen LogP contribution in [0.25, 0.3) is 22.3 Å². The van der Waals surface area contributed by atoms with Crippen LogP contribution in [0.1, 0.15) is 88.6 Å². The van der Waals surface area contributed by atoms with Crippen LogP contribution in [-0.2, 0) is 35.2 Å². The molecule has 3 aliphatic heterocycles. The molecule has 0 saturated carbocycles. The number of fused-ring (bicyclic) bond motifs is 2. The number of ether oxygens (including phenoxy) is 1. The van der Waals surface area contributed by atoms with Crippen molar-refractivity contribution < 1.29 is 68.9 Å². The highest BCUT2D eigenvalue weighted by atomic mass is 16.5. The molecule has 0 bridgehead atoms. The van der Waals surface area contributed by atoms with E-state index in [1.165, 1.54) is 38.1 Å². The molecule has 3 unspecified atom stereocenters. The minimum absolute atomic E-state index is 0.0199. The molecule has 0 spiro atoms. The molecule has 4 aromatic carbocycles. The lowest BCUT2D eigenvalue weighted by atomic mass is 9.99. The zero-order valence-electron chi connectivity index (χ0n) is 45.5. The number of benzene rings is 4. The zero-order chi connectivity index (χ0) is 57.8. The minimum atomic E-state index is -1.91. The average molecular weight is 1110 g/mol. The number of rotatable bonds is 14. The molecule has 7 rings (SSSR count). The van der Waals surface area contributed by atoms with Crippen molar-refractivity contribution in [2.45, 2.75) is 146 Å². The van der Waals surface area contributed by atoms with E-state index in [2.05, 4.69) is 33.5 Å². The molecule has 3 heterocycles. The van der Waals surface area contributed by atoms with Crippen LogP contribution >= 0.6 is 0 Å². The lowest BCUT2D eigenvalue weighted by molar-refractivity contribution is -0.147. The van der Waals surface area contributed by atoms with Crippen LogP contribution in [0, 0.1) is 5.92 Å². The first-order valence-electron chi connectivity index (χ1n) is 27.5. The van der Waals surface area contributed by atoms with E-state index in [9.17, 15) is 64.2 Å². The third-order valence-electron chi connectivity index (χ3n) is 15.0. The van der Waals surface area contributed by atoms with Gasteiger partial charge in [0.25, 0.3) is 5.91 Å². The largest absolute Gasteiger partial charge is 0.508 e. The van der Waals surface area contributed by atoms with Gasteiger partial charge in [0.2, 0.25) is 35.4 Å². The van der Waals surface area contributed by atoms with E-state index in [1.807, 2.05) is 48.5 Å². The Balaban J connectivity index is 1.13. The Bertz CT molecular complexity index is 2780. The van der Waals surface area contributed by atoms with Crippen molar-refractivity contribution in [1.29, 1.82) is 0 Å². The normalized spacial score (nSPS) is 25.8. The molecule has 430 valence electrons. The lowest BCUT2D eigenvalue weighted by Crippen LogP contribution is -2.64. The number of carbonyl (C=O) groups is 7. The van der Waals surface area contributed by atoms with Gasteiger partial charge >= 0.3 is 0 Å². The van der Waals surface area contributed by atoms with E-state index in [4.69, 9.17) is 4.74 Å². The van der Waals surface area contributed by atoms with Crippen LogP contribution in [0.4, 0.5) is 0 Å². The average Bonchev–Trinajstić information content (AvgIpc) is 3.99. The second kappa shape index (κ2) is 27.6. The van der Waals surface area contributed by atoms with Crippen LogP contribution < -0.4 is 31.3 Å². The smallest absolute Gasteiger partial charge is 0.251 e. The Kier molecular flexibility index (Phi) is 20.8. The number of phenolic OH excluding ortho intramolecular Hbond substituents is 1. The van der Waals surface area contributed by atoms with Crippen LogP contribution in [0.15, 0.2) is 97.1 Å². The maximum atomic E-state index is 14.5.